The molecule has 4 nitrogen and oxygen atoms in total. The lowest BCUT2D eigenvalue weighted by molar-refractivity contribution is 0.140. The topological polar surface area (TPSA) is 67.6 Å². The smallest absolute Gasteiger partial charge is 0.299 e. The van der Waals surface area contributed by atoms with Crippen molar-refractivity contribution in [3.8, 4) is 0 Å². The van der Waals surface area contributed by atoms with Crippen LogP contribution in [0.5, 0.6) is 0 Å². The van der Waals surface area contributed by atoms with Crippen molar-refractivity contribution in [1.82, 2.24) is 15.2 Å². The zero-order valence-electron chi connectivity index (χ0n) is 6.59. The van der Waals surface area contributed by atoms with Crippen LogP contribution in [0.25, 0.3) is 0 Å². The first kappa shape index (κ1) is 9.05. The fourth-order valence-corrected chi connectivity index (χ4v) is 0.804. The highest BCUT2D eigenvalue weighted by molar-refractivity contribution is 4.92. The Hall–Kier alpha value is -1.04. The number of hydrogen-bond acceptors (Lipinski definition) is 3. The average molecular weight is 176 g/mol. The summed E-state index contributed by atoms with van der Waals surface area (Å²) in [5, 5.41) is 5.72. The van der Waals surface area contributed by atoms with Crippen molar-refractivity contribution in [3.05, 3.63) is 11.6 Å². The predicted octanol–water partition coefficient (Wildman–Crippen LogP) is 0.632. The Bertz CT molecular complexity index is 245. The summed E-state index contributed by atoms with van der Waals surface area (Å²) in [6, 6.07) is -0.108. The lowest BCUT2D eigenvalue weighted by Crippen LogP contribution is -2.18. The number of H-pyrrole nitrogens is 1. The molecule has 0 unspecified atom stereocenters. The molecular weight excluding hydrogens is 166 g/mol. The van der Waals surface area contributed by atoms with E-state index in [0.29, 0.717) is 12.2 Å². The van der Waals surface area contributed by atoms with Gasteiger partial charge < -0.3 is 5.73 Å². The predicted molar refractivity (Wildman–Crippen MR) is 38.7 cm³/mol. The average Bonchev–Trinajstić information content (AvgIpc) is 2.34. The van der Waals surface area contributed by atoms with Gasteiger partial charge in [-0.3, -0.25) is 5.10 Å². The van der Waals surface area contributed by atoms with E-state index in [1.807, 2.05) is 0 Å². The summed E-state index contributed by atoms with van der Waals surface area (Å²) in [6.07, 6.45) is -2.19. The minimum Gasteiger partial charge on any atom is -0.328 e. The summed E-state index contributed by atoms with van der Waals surface area (Å²) in [6.45, 7) is 1.77. The molecular formula is C6H10F2N4. The minimum absolute atomic E-state index is 0.108. The molecule has 0 fully saturated rings. The second-order valence-electron chi connectivity index (χ2n) is 2.62. The lowest BCUT2D eigenvalue weighted by atomic mass is 10.2. The molecule has 0 radical (unpaired) electrons. The van der Waals surface area contributed by atoms with Crippen molar-refractivity contribution in [2.45, 2.75) is 25.8 Å². The number of aromatic nitrogens is 3. The first-order valence-corrected chi connectivity index (χ1v) is 3.54. The van der Waals surface area contributed by atoms with E-state index in [4.69, 9.17) is 5.73 Å². The van der Waals surface area contributed by atoms with Crippen LogP contribution in [0, 0.1) is 0 Å². The third-order valence-electron chi connectivity index (χ3n) is 1.26. The summed E-state index contributed by atoms with van der Waals surface area (Å²) in [4.78, 5) is 3.55. The maximum atomic E-state index is 11.9. The van der Waals surface area contributed by atoms with E-state index in [1.54, 1.807) is 6.92 Å². The fraction of sp³-hybridized carbons (Fsp3) is 0.667. The number of alkyl halides is 2. The molecule has 0 aromatic carbocycles. The second-order valence-corrected chi connectivity index (χ2v) is 2.62. The SMILES string of the molecule is C[C@@H](N)Cc1nc(C(F)F)n[nH]1. The third-order valence-corrected chi connectivity index (χ3v) is 1.26. The molecule has 68 valence electrons. The zero-order chi connectivity index (χ0) is 9.14. The standard InChI is InChI=1S/C6H10F2N4/c1-3(9)2-4-10-6(5(7)8)12-11-4/h3,5H,2,9H2,1H3,(H,10,11,12)/t3-/m1/s1. The molecule has 1 aromatic rings. The van der Waals surface area contributed by atoms with E-state index in [9.17, 15) is 8.78 Å². The van der Waals surface area contributed by atoms with E-state index in [0.717, 1.165) is 0 Å². The number of halogens is 2. The second kappa shape index (κ2) is 3.57. The van der Waals surface area contributed by atoms with Crippen molar-refractivity contribution >= 4 is 0 Å². The van der Waals surface area contributed by atoms with Crippen molar-refractivity contribution in [3.63, 3.8) is 0 Å². The Labute approximate surface area is 68.2 Å². The van der Waals surface area contributed by atoms with E-state index < -0.39 is 12.2 Å². The highest BCUT2D eigenvalue weighted by Gasteiger charge is 2.13. The van der Waals surface area contributed by atoms with Crippen molar-refractivity contribution < 1.29 is 8.78 Å². The van der Waals surface area contributed by atoms with Crippen LogP contribution in [0.2, 0.25) is 0 Å². The first-order valence-electron chi connectivity index (χ1n) is 3.54. The Morgan fingerprint density at radius 1 is 1.58 bits per heavy atom. The van der Waals surface area contributed by atoms with E-state index >= 15 is 0 Å². The minimum atomic E-state index is -2.62. The molecule has 1 atom stereocenters. The molecule has 1 heterocycles. The normalized spacial score (nSPS) is 13.8. The van der Waals surface area contributed by atoms with Gasteiger partial charge >= 0.3 is 0 Å². The van der Waals surface area contributed by atoms with Gasteiger partial charge in [-0.05, 0) is 6.92 Å². The Kier molecular flexibility index (Phi) is 2.69. The van der Waals surface area contributed by atoms with Crippen molar-refractivity contribution in [2.24, 2.45) is 5.73 Å². The molecule has 0 aliphatic heterocycles. The molecule has 1 rings (SSSR count). The molecule has 0 spiro atoms. The fourth-order valence-electron chi connectivity index (χ4n) is 0.804. The van der Waals surface area contributed by atoms with E-state index in [-0.39, 0.29) is 6.04 Å². The number of nitrogens with one attached hydrogen (secondary N) is 1. The largest absolute Gasteiger partial charge is 0.328 e. The summed E-state index contributed by atoms with van der Waals surface area (Å²) in [5.74, 6) is -0.0639. The molecule has 0 aliphatic rings. The molecule has 6 heteroatoms. The van der Waals surface area contributed by atoms with Gasteiger partial charge in [-0.15, -0.1) is 0 Å². The number of nitrogens with two attached hydrogens (primary N) is 1. The lowest BCUT2D eigenvalue weighted by Gasteiger charge is -1.98. The summed E-state index contributed by atoms with van der Waals surface area (Å²) in [5.41, 5.74) is 5.43. The highest BCUT2D eigenvalue weighted by atomic mass is 19.3. The Morgan fingerprint density at radius 2 is 2.25 bits per heavy atom. The molecule has 0 amide bonds. The van der Waals surface area contributed by atoms with Crippen LogP contribution in [-0.4, -0.2) is 21.2 Å². The van der Waals surface area contributed by atoms with Gasteiger partial charge in [-0.2, -0.15) is 5.10 Å². The number of aromatic amines is 1. The van der Waals surface area contributed by atoms with Crippen molar-refractivity contribution in [1.29, 1.82) is 0 Å². The van der Waals surface area contributed by atoms with Crippen LogP contribution in [0.3, 0.4) is 0 Å². The Balaban J connectivity index is 2.64. The van der Waals surface area contributed by atoms with Crippen LogP contribution in [-0.2, 0) is 6.42 Å². The first-order chi connectivity index (χ1) is 5.59. The van der Waals surface area contributed by atoms with Crippen LogP contribution in [0.15, 0.2) is 0 Å². The molecule has 0 saturated carbocycles. The number of hydrogen-bond donors (Lipinski definition) is 2. The summed E-state index contributed by atoms with van der Waals surface area (Å²) >= 11 is 0. The van der Waals surface area contributed by atoms with Gasteiger partial charge in [-0.1, -0.05) is 0 Å². The number of nitrogens with zero attached hydrogens (tertiary/aromatic N) is 2. The maximum Gasteiger partial charge on any atom is 0.299 e. The maximum absolute atomic E-state index is 11.9. The van der Waals surface area contributed by atoms with Crippen molar-refractivity contribution in [2.75, 3.05) is 0 Å². The third kappa shape index (κ3) is 2.23. The summed E-state index contributed by atoms with van der Waals surface area (Å²) in [7, 11) is 0. The zero-order valence-corrected chi connectivity index (χ0v) is 6.59. The Morgan fingerprint density at radius 3 is 2.67 bits per heavy atom. The van der Waals surface area contributed by atoms with Crippen LogP contribution in [0.1, 0.15) is 25.0 Å². The van der Waals surface area contributed by atoms with Gasteiger partial charge in [0.1, 0.15) is 5.82 Å². The van der Waals surface area contributed by atoms with Gasteiger partial charge in [0.15, 0.2) is 0 Å². The van der Waals surface area contributed by atoms with Gasteiger partial charge in [0.05, 0.1) is 0 Å². The monoisotopic (exact) mass is 176 g/mol. The van der Waals surface area contributed by atoms with Crippen LogP contribution in [0.4, 0.5) is 8.78 Å². The quantitative estimate of drug-likeness (QED) is 0.709. The van der Waals surface area contributed by atoms with E-state index in [1.165, 1.54) is 0 Å². The van der Waals surface area contributed by atoms with Gasteiger partial charge in [0, 0.05) is 12.5 Å². The van der Waals surface area contributed by atoms with Crippen LogP contribution >= 0.6 is 0 Å². The molecule has 0 saturated heterocycles. The van der Waals surface area contributed by atoms with Crippen LogP contribution < -0.4 is 5.73 Å². The van der Waals surface area contributed by atoms with Gasteiger partial charge in [0.25, 0.3) is 6.43 Å². The molecule has 1 aromatic heterocycles. The molecule has 3 N–H and O–H groups in total. The summed E-state index contributed by atoms with van der Waals surface area (Å²) < 4.78 is 23.9. The molecule has 12 heavy (non-hydrogen) atoms. The number of rotatable bonds is 3. The van der Waals surface area contributed by atoms with Gasteiger partial charge in [-0.25, -0.2) is 13.8 Å². The highest BCUT2D eigenvalue weighted by Crippen LogP contribution is 2.13. The van der Waals surface area contributed by atoms with E-state index in [2.05, 4.69) is 15.2 Å². The van der Waals surface area contributed by atoms with Gasteiger partial charge in [0.2, 0.25) is 5.82 Å². The molecule has 0 aliphatic carbocycles. The molecule has 0 bridgehead atoms.